The van der Waals surface area contributed by atoms with Gasteiger partial charge in [0, 0.05) is 12.8 Å². The van der Waals surface area contributed by atoms with E-state index in [9.17, 15) is 19.0 Å². The maximum absolute atomic E-state index is 12.7. The lowest BCUT2D eigenvalue weighted by molar-refractivity contribution is -0.870. The van der Waals surface area contributed by atoms with Crippen LogP contribution in [0.3, 0.4) is 0 Å². The lowest BCUT2D eigenvalue weighted by Crippen LogP contribution is -2.37. The van der Waals surface area contributed by atoms with E-state index < -0.39 is 32.5 Å². The van der Waals surface area contributed by atoms with E-state index >= 15 is 0 Å². The van der Waals surface area contributed by atoms with Crippen LogP contribution in [0.15, 0.2) is 60.8 Å². The van der Waals surface area contributed by atoms with Gasteiger partial charge in [-0.1, -0.05) is 158 Å². The van der Waals surface area contributed by atoms with Gasteiger partial charge in [-0.3, -0.25) is 14.2 Å². The Kier molecular flexibility index (Phi) is 38.5. The van der Waals surface area contributed by atoms with Gasteiger partial charge >= 0.3 is 11.9 Å². The minimum atomic E-state index is -4.64. The van der Waals surface area contributed by atoms with E-state index in [1.165, 1.54) is 89.9 Å². The van der Waals surface area contributed by atoms with Crippen LogP contribution in [0.4, 0.5) is 0 Å². The fourth-order valence-corrected chi connectivity index (χ4v) is 6.62. The molecule has 0 aromatic carbocycles. The van der Waals surface area contributed by atoms with Crippen molar-refractivity contribution in [2.75, 3.05) is 47.5 Å². The Labute approximate surface area is 356 Å². The van der Waals surface area contributed by atoms with E-state index in [2.05, 4.69) is 68.5 Å². The second-order valence-electron chi connectivity index (χ2n) is 16.4. The second-order valence-corrected chi connectivity index (χ2v) is 17.8. The zero-order valence-corrected chi connectivity index (χ0v) is 38.6. The highest BCUT2D eigenvalue weighted by Crippen LogP contribution is 2.38. The number of likely N-dealkylation sites (N-methyl/N-ethyl adjacent to an activating group) is 1. The van der Waals surface area contributed by atoms with E-state index in [1.807, 2.05) is 27.2 Å². The number of esters is 2. The molecule has 0 bridgehead atoms. The highest BCUT2D eigenvalue weighted by atomic mass is 31.2. The summed E-state index contributed by atoms with van der Waals surface area (Å²) in [6.45, 7) is 4.11. The molecular weight excluding hydrogens is 750 g/mol. The highest BCUT2D eigenvalue weighted by Gasteiger charge is 2.21. The van der Waals surface area contributed by atoms with Crippen molar-refractivity contribution in [2.45, 2.75) is 187 Å². The average Bonchev–Trinajstić information content (AvgIpc) is 3.17. The lowest BCUT2D eigenvalue weighted by atomic mass is 10.1. The largest absolute Gasteiger partial charge is 0.756 e. The van der Waals surface area contributed by atoms with Gasteiger partial charge in [0.25, 0.3) is 7.82 Å². The number of hydrogen-bond acceptors (Lipinski definition) is 8. The first-order valence-corrected chi connectivity index (χ1v) is 24.5. The van der Waals surface area contributed by atoms with Crippen molar-refractivity contribution in [3.05, 3.63) is 60.8 Å². The van der Waals surface area contributed by atoms with Crippen LogP contribution in [0.2, 0.25) is 0 Å². The van der Waals surface area contributed by atoms with E-state index in [1.54, 1.807) is 0 Å². The summed E-state index contributed by atoms with van der Waals surface area (Å²) in [6, 6.07) is 0. The predicted molar refractivity (Wildman–Crippen MR) is 240 cm³/mol. The molecule has 0 aromatic heterocycles. The van der Waals surface area contributed by atoms with Crippen molar-refractivity contribution in [1.29, 1.82) is 0 Å². The molecule has 1 unspecified atom stereocenters. The van der Waals surface area contributed by atoms with E-state index in [4.69, 9.17) is 18.5 Å². The number of ether oxygens (including phenoxy) is 2. The van der Waals surface area contributed by atoms with Gasteiger partial charge in [-0.2, -0.15) is 0 Å². The van der Waals surface area contributed by atoms with Gasteiger partial charge in [-0.15, -0.1) is 0 Å². The van der Waals surface area contributed by atoms with Gasteiger partial charge < -0.3 is 27.9 Å². The predicted octanol–water partition coefficient (Wildman–Crippen LogP) is 12.6. The maximum Gasteiger partial charge on any atom is 0.306 e. The molecule has 0 heterocycles. The molecule has 0 aliphatic carbocycles. The number of rotatable bonds is 41. The van der Waals surface area contributed by atoms with Gasteiger partial charge in [0.15, 0.2) is 6.10 Å². The molecule has 0 saturated heterocycles. The molecule has 0 fully saturated rings. The number of allylic oxidation sites excluding steroid dienone is 10. The molecule has 0 amide bonds. The molecule has 0 aliphatic heterocycles. The topological polar surface area (TPSA) is 111 Å². The van der Waals surface area contributed by atoms with Gasteiger partial charge in [-0.25, -0.2) is 0 Å². The van der Waals surface area contributed by atoms with Crippen molar-refractivity contribution in [1.82, 2.24) is 0 Å². The summed E-state index contributed by atoms with van der Waals surface area (Å²) < 4.78 is 33.8. The molecule has 0 aromatic rings. The average molecular weight is 836 g/mol. The van der Waals surface area contributed by atoms with Crippen LogP contribution in [-0.4, -0.2) is 70.0 Å². The molecule has 0 spiro atoms. The van der Waals surface area contributed by atoms with Gasteiger partial charge in [0.2, 0.25) is 0 Å². The molecule has 58 heavy (non-hydrogen) atoms. The van der Waals surface area contributed by atoms with Gasteiger partial charge in [0.05, 0.1) is 27.7 Å². The number of phosphoric acid groups is 1. The SMILES string of the molecule is CCCCC/C=C/C/C=C/C/C=C/C/C=C/CCCCCC(=O)O[C@H](COC(=O)CC/C=C/CCCCCCCCCCCCC)COP(=O)([O-])OCC[N+](C)(C)C. The number of carbonyl (C=O) groups excluding carboxylic acids is 2. The standard InChI is InChI=1S/C48H86NO8P/c1-6-8-10-12-14-16-18-20-22-23-24-25-27-29-31-33-35-37-39-41-48(51)57-46(45-56-58(52,53)55-43-42-49(3,4)5)44-54-47(50)40-38-36-34-32-30-28-26-21-19-17-15-13-11-9-7-2/h14,16,20,22,24-25,29,31,34,36,46H,6-13,15,17-19,21,23,26-28,30,32-33,35,37-45H2,1-5H3/b16-14+,22-20+,25-24+,31-29+,36-34+/t46-/m1/s1. The Morgan fingerprint density at radius 2 is 0.966 bits per heavy atom. The smallest absolute Gasteiger partial charge is 0.306 e. The zero-order valence-electron chi connectivity index (χ0n) is 37.7. The Balaban J connectivity index is 4.45. The third-order valence-corrected chi connectivity index (χ3v) is 10.5. The van der Waals surface area contributed by atoms with Gasteiger partial charge in [-0.05, 0) is 70.6 Å². The molecule has 0 radical (unpaired) electrons. The number of phosphoric ester groups is 1. The van der Waals surface area contributed by atoms with E-state index in [-0.39, 0.29) is 26.1 Å². The van der Waals surface area contributed by atoms with Crippen LogP contribution in [-0.2, 0) is 32.7 Å². The van der Waals surface area contributed by atoms with Crippen LogP contribution < -0.4 is 4.89 Å². The minimum absolute atomic E-state index is 0.0441. The quantitative estimate of drug-likeness (QED) is 0.0197. The number of unbranched alkanes of at least 4 members (excludes halogenated alkanes) is 17. The van der Waals surface area contributed by atoms with Crippen LogP contribution in [0.5, 0.6) is 0 Å². The highest BCUT2D eigenvalue weighted by molar-refractivity contribution is 7.45. The Morgan fingerprint density at radius 1 is 0.534 bits per heavy atom. The summed E-state index contributed by atoms with van der Waals surface area (Å²) in [5, 5.41) is 0. The molecule has 2 atom stereocenters. The third-order valence-electron chi connectivity index (χ3n) is 9.52. The van der Waals surface area contributed by atoms with Crippen LogP contribution in [0.25, 0.3) is 0 Å². The normalized spacial score (nSPS) is 14.1. The third kappa shape index (κ3) is 43.3. The minimum Gasteiger partial charge on any atom is -0.756 e. The maximum atomic E-state index is 12.7. The first kappa shape index (κ1) is 55.7. The number of quaternary nitrogens is 1. The number of nitrogens with zero attached hydrogens (tertiary/aromatic N) is 1. The molecule has 0 aliphatic rings. The molecule has 336 valence electrons. The zero-order chi connectivity index (χ0) is 42.8. The molecular formula is C48H86NO8P. The number of carbonyl (C=O) groups is 2. The van der Waals surface area contributed by atoms with E-state index in [0.29, 0.717) is 23.9 Å². The molecule has 0 N–H and O–H groups in total. The number of hydrogen-bond donors (Lipinski definition) is 0. The first-order chi connectivity index (χ1) is 28.0. The summed E-state index contributed by atoms with van der Waals surface area (Å²) in [6.07, 6.45) is 48.3. The Bertz CT molecular complexity index is 1170. The molecule has 10 heteroatoms. The van der Waals surface area contributed by atoms with Crippen LogP contribution in [0, 0.1) is 0 Å². The summed E-state index contributed by atoms with van der Waals surface area (Å²) in [5.74, 6) is -0.930. The monoisotopic (exact) mass is 836 g/mol. The fourth-order valence-electron chi connectivity index (χ4n) is 5.89. The van der Waals surface area contributed by atoms with Crippen molar-refractivity contribution in [3.8, 4) is 0 Å². The summed E-state index contributed by atoms with van der Waals surface area (Å²) in [5.41, 5.74) is 0. The summed E-state index contributed by atoms with van der Waals surface area (Å²) >= 11 is 0. The van der Waals surface area contributed by atoms with Crippen LogP contribution >= 0.6 is 7.82 Å². The van der Waals surface area contributed by atoms with Crippen molar-refractivity contribution < 1.29 is 42.1 Å². The summed E-state index contributed by atoms with van der Waals surface area (Å²) in [4.78, 5) is 37.5. The molecule has 0 saturated carbocycles. The Hall–Kier alpha value is -2.29. The van der Waals surface area contributed by atoms with Crippen molar-refractivity contribution in [2.24, 2.45) is 0 Å². The van der Waals surface area contributed by atoms with Gasteiger partial charge in [0.1, 0.15) is 19.8 Å². The first-order valence-electron chi connectivity index (χ1n) is 23.0. The van der Waals surface area contributed by atoms with Crippen molar-refractivity contribution >= 4 is 19.8 Å². The fraction of sp³-hybridized carbons (Fsp3) is 0.750. The van der Waals surface area contributed by atoms with Crippen molar-refractivity contribution in [3.63, 3.8) is 0 Å². The lowest BCUT2D eigenvalue weighted by Gasteiger charge is -2.28. The van der Waals surface area contributed by atoms with E-state index in [0.717, 1.165) is 51.4 Å². The summed E-state index contributed by atoms with van der Waals surface area (Å²) in [7, 11) is 1.12. The second kappa shape index (κ2) is 40.1. The Morgan fingerprint density at radius 3 is 1.50 bits per heavy atom. The van der Waals surface area contributed by atoms with Crippen LogP contribution in [0.1, 0.15) is 181 Å². The molecule has 9 nitrogen and oxygen atoms in total. The molecule has 0 rings (SSSR count).